The van der Waals surface area contributed by atoms with E-state index in [0.29, 0.717) is 31.3 Å². The fourth-order valence-electron chi connectivity index (χ4n) is 6.07. The number of hydrogen-bond donors (Lipinski definition) is 2. The first-order valence-electron chi connectivity index (χ1n) is 15.2. The van der Waals surface area contributed by atoms with Crippen molar-refractivity contribution in [2.24, 2.45) is 0 Å². The number of phenolic OH excluding ortho intramolecular Hbond substituents is 1. The van der Waals surface area contributed by atoms with Gasteiger partial charge in [-0.25, -0.2) is 4.39 Å². The van der Waals surface area contributed by atoms with Gasteiger partial charge in [-0.1, -0.05) is 125 Å². The molecular weight excluding hydrogens is 554 g/mol. The zero-order chi connectivity index (χ0) is 31.0. The number of allylic oxidation sites excluding steroid dienone is 2. The Hall–Kier alpha value is -3.23. The predicted molar refractivity (Wildman–Crippen MR) is 179 cm³/mol. The molecule has 43 heavy (non-hydrogen) atoms. The van der Waals surface area contributed by atoms with E-state index in [4.69, 9.17) is 9.08 Å². The van der Waals surface area contributed by atoms with Crippen molar-refractivity contribution >= 4 is 31.9 Å². The van der Waals surface area contributed by atoms with Crippen LogP contribution in [0.25, 0.3) is 6.08 Å². The Bertz CT molecular complexity index is 1390. The second-order valence-electron chi connectivity index (χ2n) is 12.3. The molecule has 3 aromatic rings. The molecule has 2 N–H and O–H groups in total. The van der Waals surface area contributed by atoms with Gasteiger partial charge in [-0.2, -0.15) is 0 Å². The Morgan fingerprint density at radius 1 is 1.05 bits per heavy atom. The molecule has 0 saturated heterocycles. The third-order valence-electron chi connectivity index (χ3n) is 8.14. The predicted octanol–water partition coefficient (Wildman–Crippen LogP) is 7.43. The molecule has 0 bridgehead atoms. The maximum Gasteiger partial charge on any atom is 0.458 e. The van der Waals surface area contributed by atoms with Crippen LogP contribution in [0.2, 0.25) is 11.4 Å². The van der Waals surface area contributed by atoms with Gasteiger partial charge in [-0.3, -0.25) is 0 Å². The van der Waals surface area contributed by atoms with Crippen LogP contribution in [0.15, 0.2) is 108 Å². The molecule has 4 nitrogen and oxygen atoms in total. The lowest BCUT2D eigenvalue weighted by Crippen LogP contribution is -2.66. The number of hydrogen-bond acceptors (Lipinski definition) is 4. The van der Waals surface area contributed by atoms with E-state index < -0.39 is 21.3 Å². The van der Waals surface area contributed by atoms with Gasteiger partial charge in [0.15, 0.2) is 11.6 Å². The maximum absolute atomic E-state index is 14.0. The highest BCUT2D eigenvalue weighted by Gasteiger charge is 2.50. The minimum Gasteiger partial charge on any atom is -0.505 e. The molecule has 3 aromatic carbocycles. The van der Waals surface area contributed by atoms with Gasteiger partial charge in [0.1, 0.15) is 0 Å². The average Bonchev–Trinajstić information content (AvgIpc) is 2.98. The summed E-state index contributed by atoms with van der Waals surface area (Å²) >= 11 is 0. The Balaban J connectivity index is 1.57. The van der Waals surface area contributed by atoms with Crippen LogP contribution < -0.4 is 10.4 Å². The van der Waals surface area contributed by atoms with Crippen LogP contribution in [-0.2, 0) is 9.08 Å². The van der Waals surface area contributed by atoms with E-state index in [9.17, 15) is 14.5 Å². The molecule has 1 atom stereocenters. The Labute approximate surface area is 257 Å². The van der Waals surface area contributed by atoms with Gasteiger partial charge in [0.2, 0.25) is 0 Å². The molecule has 0 spiro atoms. The molecule has 1 aliphatic rings. The second-order valence-corrected chi connectivity index (χ2v) is 16.6. The molecule has 4 rings (SSSR count). The summed E-state index contributed by atoms with van der Waals surface area (Å²) in [5.41, 5.74) is 3.69. The maximum atomic E-state index is 14.0. The highest BCUT2D eigenvalue weighted by atomic mass is 28.4. The van der Waals surface area contributed by atoms with E-state index in [1.165, 1.54) is 22.5 Å². The number of rotatable bonds is 12. The van der Waals surface area contributed by atoms with Crippen molar-refractivity contribution in [3.63, 3.8) is 0 Å². The minimum absolute atomic E-state index is 0.156. The zero-order valence-electron chi connectivity index (χ0n) is 25.9. The molecule has 1 heterocycles. The van der Waals surface area contributed by atoms with E-state index in [0.717, 1.165) is 29.6 Å². The highest BCUT2D eigenvalue weighted by Crippen LogP contribution is 2.38. The SMILES string of the molecule is C=C(CO[Si](c1ccccc1)(c1ccccc1)C(C)(C)C)C1=CCB(O)OC1CC/C(=C/c1ccc(O)c(F)c1)CCC. The normalized spacial score (nSPS) is 16.2. The molecule has 0 saturated carbocycles. The molecule has 7 heteroatoms. The van der Waals surface area contributed by atoms with Gasteiger partial charge in [0.05, 0.1) is 12.7 Å². The summed E-state index contributed by atoms with van der Waals surface area (Å²) in [6, 6.07) is 25.5. The summed E-state index contributed by atoms with van der Waals surface area (Å²) in [5.74, 6) is -0.988. The van der Waals surface area contributed by atoms with Crippen molar-refractivity contribution < 1.29 is 23.6 Å². The molecule has 0 fully saturated rings. The van der Waals surface area contributed by atoms with Crippen LogP contribution >= 0.6 is 0 Å². The van der Waals surface area contributed by atoms with Crippen molar-refractivity contribution in [1.82, 2.24) is 0 Å². The first kappa shape index (κ1) is 32.7. The van der Waals surface area contributed by atoms with Crippen LogP contribution in [0.4, 0.5) is 4.39 Å². The van der Waals surface area contributed by atoms with Crippen molar-refractivity contribution in [2.75, 3.05) is 6.61 Å². The standard InChI is InChI=1S/C36H44BFO4Si/c1-6-13-28(24-29-18-20-34(39)33(38)25-29)19-21-35-32(22-23-37(40)42-35)27(2)26-41-43(36(3,4)5,30-14-9-7-10-15-30)31-16-11-8-12-17-31/h7-12,14-18,20,22,24-25,35,39-40H,2,6,13,19,21,23,26H2,1,3-5H3/b28-24+. The largest absolute Gasteiger partial charge is 0.505 e. The lowest BCUT2D eigenvalue weighted by molar-refractivity contribution is 0.180. The zero-order valence-corrected chi connectivity index (χ0v) is 26.9. The van der Waals surface area contributed by atoms with Crippen LogP contribution in [0.1, 0.15) is 58.9 Å². The molecule has 0 aliphatic carbocycles. The third kappa shape index (κ3) is 7.84. The van der Waals surface area contributed by atoms with Gasteiger partial charge in [0, 0.05) is 6.32 Å². The van der Waals surface area contributed by atoms with Gasteiger partial charge in [0.25, 0.3) is 8.32 Å². The van der Waals surface area contributed by atoms with Crippen molar-refractivity contribution in [1.29, 1.82) is 0 Å². The second kappa shape index (κ2) is 14.5. The molecule has 226 valence electrons. The summed E-state index contributed by atoms with van der Waals surface area (Å²) in [6.45, 7) is 13.7. The van der Waals surface area contributed by atoms with Crippen molar-refractivity contribution in [2.45, 2.75) is 70.8 Å². The van der Waals surface area contributed by atoms with Crippen LogP contribution in [-0.4, -0.2) is 38.3 Å². The number of aromatic hydroxyl groups is 1. The summed E-state index contributed by atoms with van der Waals surface area (Å²) in [5, 5.41) is 22.2. The van der Waals surface area contributed by atoms with Crippen LogP contribution in [0.5, 0.6) is 5.75 Å². The summed E-state index contributed by atoms with van der Waals surface area (Å²) in [7, 11) is -3.62. The van der Waals surface area contributed by atoms with E-state index in [-0.39, 0.29) is 16.9 Å². The first-order valence-corrected chi connectivity index (χ1v) is 17.1. The Morgan fingerprint density at radius 2 is 1.67 bits per heavy atom. The summed E-state index contributed by atoms with van der Waals surface area (Å²) < 4.78 is 27.2. The van der Waals surface area contributed by atoms with Crippen molar-refractivity contribution in [3.8, 4) is 5.75 Å². The Kier molecular flexibility index (Phi) is 11.0. The van der Waals surface area contributed by atoms with Crippen LogP contribution in [0.3, 0.4) is 0 Å². The van der Waals surface area contributed by atoms with Gasteiger partial charge in [-0.15, -0.1) is 0 Å². The quantitative estimate of drug-likeness (QED) is 0.213. The molecule has 0 amide bonds. The smallest absolute Gasteiger partial charge is 0.458 e. The number of benzene rings is 3. The number of phenols is 1. The van der Waals surface area contributed by atoms with Crippen LogP contribution in [0, 0.1) is 5.82 Å². The molecular formula is C36H44BFO4Si. The third-order valence-corrected chi connectivity index (χ3v) is 13.1. The summed E-state index contributed by atoms with van der Waals surface area (Å²) in [4.78, 5) is 0. The fraction of sp³-hybridized carbons (Fsp3) is 0.333. The molecule has 0 radical (unpaired) electrons. The Morgan fingerprint density at radius 3 is 2.23 bits per heavy atom. The fourth-order valence-corrected chi connectivity index (χ4v) is 10.6. The highest BCUT2D eigenvalue weighted by molar-refractivity contribution is 6.99. The first-order chi connectivity index (χ1) is 20.5. The molecule has 1 aliphatic heterocycles. The average molecular weight is 599 g/mol. The lowest BCUT2D eigenvalue weighted by atomic mass is 9.78. The topological polar surface area (TPSA) is 58.9 Å². The van der Waals surface area contributed by atoms with Crippen molar-refractivity contribution in [3.05, 3.63) is 120 Å². The van der Waals surface area contributed by atoms with Gasteiger partial charge < -0.3 is 19.2 Å². The van der Waals surface area contributed by atoms with E-state index >= 15 is 0 Å². The van der Waals surface area contributed by atoms with Gasteiger partial charge >= 0.3 is 7.12 Å². The molecule has 1 unspecified atom stereocenters. The van der Waals surface area contributed by atoms with Gasteiger partial charge in [-0.05, 0) is 63.5 Å². The van der Waals surface area contributed by atoms with E-state index in [1.807, 2.05) is 24.3 Å². The van der Waals surface area contributed by atoms with E-state index in [1.54, 1.807) is 6.07 Å². The minimum atomic E-state index is -2.75. The summed E-state index contributed by atoms with van der Waals surface area (Å²) in [6.07, 6.45) is 7.24. The number of halogens is 1. The monoisotopic (exact) mass is 598 g/mol. The lowest BCUT2D eigenvalue weighted by Gasteiger charge is -2.43. The van der Waals surface area contributed by atoms with E-state index in [2.05, 4.69) is 82.8 Å². The molecule has 0 aromatic heterocycles.